The summed E-state index contributed by atoms with van der Waals surface area (Å²) in [6.07, 6.45) is 6.99. The van der Waals surface area contributed by atoms with Gasteiger partial charge in [-0.05, 0) is 24.8 Å². The molecule has 0 aromatic heterocycles. The summed E-state index contributed by atoms with van der Waals surface area (Å²) in [6.45, 7) is 3.19. The zero-order valence-corrected chi connectivity index (χ0v) is 8.20. The molecule has 0 aromatic rings. The van der Waals surface area contributed by atoms with Crippen LogP contribution in [-0.4, -0.2) is 6.54 Å². The van der Waals surface area contributed by atoms with Crippen molar-refractivity contribution in [1.82, 2.24) is 0 Å². The standard InChI is InChI=1S/C9H19N.ClH/c1-2-4-8-5-3-6-9(8)7-10;/h8-9H,2-7,10H2,1H3;1H. The molecule has 2 heteroatoms. The van der Waals surface area contributed by atoms with Crippen LogP contribution in [0.4, 0.5) is 0 Å². The number of halogens is 1. The Morgan fingerprint density at radius 2 is 1.91 bits per heavy atom. The maximum Gasteiger partial charge on any atom is -0.00462 e. The van der Waals surface area contributed by atoms with Crippen LogP contribution < -0.4 is 5.73 Å². The Bertz CT molecular complexity index is 95.6. The molecule has 0 saturated heterocycles. The first-order chi connectivity index (χ1) is 4.88. The second-order valence-corrected chi connectivity index (χ2v) is 3.48. The summed E-state index contributed by atoms with van der Waals surface area (Å²) in [5.41, 5.74) is 5.65. The van der Waals surface area contributed by atoms with Crippen LogP contribution >= 0.6 is 12.4 Å². The third-order valence-electron chi connectivity index (χ3n) is 2.78. The maximum absolute atomic E-state index is 5.65. The highest BCUT2D eigenvalue weighted by atomic mass is 35.5. The van der Waals surface area contributed by atoms with E-state index in [0.29, 0.717) is 0 Å². The van der Waals surface area contributed by atoms with Crippen LogP contribution in [0.15, 0.2) is 0 Å². The lowest BCUT2D eigenvalue weighted by Gasteiger charge is -2.15. The van der Waals surface area contributed by atoms with Crippen LogP contribution in [0.1, 0.15) is 39.0 Å². The summed E-state index contributed by atoms with van der Waals surface area (Å²) in [7, 11) is 0. The fraction of sp³-hybridized carbons (Fsp3) is 1.00. The molecule has 0 heterocycles. The van der Waals surface area contributed by atoms with E-state index in [4.69, 9.17) is 5.73 Å². The summed E-state index contributed by atoms with van der Waals surface area (Å²) in [5, 5.41) is 0. The van der Waals surface area contributed by atoms with Gasteiger partial charge in [0, 0.05) is 0 Å². The molecule has 0 aliphatic heterocycles. The molecule has 0 bridgehead atoms. The van der Waals surface area contributed by atoms with Crippen LogP contribution in [0.3, 0.4) is 0 Å². The van der Waals surface area contributed by atoms with Gasteiger partial charge >= 0.3 is 0 Å². The van der Waals surface area contributed by atoms with Crippen LogP contribution in [0.2, 0.25) is 0 Å². The highest BCUT2D eigenvalue weighted by Gasteiger charge is 2.24. The molecule has 0 aromatic carbocycles. The van der Waals surface area contributed by atoms with Gasteiger partial charge in [0.1, 0.15) is 0 Å². The number of rotatable bonds is 3. The zero-order valence-electron chi connectivity index (χ0n) is 7.38. The van der Waals surface area contributed by atoms with E-state index in [0.717, 1.165) is 18.4 Å². The molecule has 68 valence electrons. The molecular formula is C9H20ClN. The van der Waals surface area contributed by atoms with Crippen molar-refractivity contribution in [1.29, 1.82) is 0 Å². The molecule has 0 amide bonds. The number of hydrogen-bond donors (Lipinski definition) is 1. The topological polar surface area (TPSA) is 26.0 Å². The number of nitrogens with two attached hydrogens (primary N) is 1. The van der Waals surface area contributed by atoms with Crippen molar-refractivity contribution in [2.45, 2.75) is 39.0 Å². The van der Waals surface area contributed by atoms with Gasteiger partial charge in [0.25, 0.3) is 0 Å². The highest BCUT2D eigenvalue weighted by Crippen LogP contribution is 2.33. The van der Waals surface area contributed by atoms with Gasteiger partial charge in [0.05, 0.1) is 0 Å². The van der Waals surface area contributed by atoms with E-state index >= 15 is 0 Å². The van der Waals surface area contributed by atoms with Gasteiger partial charge in [0.2, 0.25) is 0 Å². The monoisotopic (exact) mass is 177 g/mol. The lowest BCUT2D eigenvalue weighted by molar-refractivity contribution is 0.369. The first kappa shape index (κ1) is 11.2. The van der Waals surface area contributed by atoms with Crippen LogP contribution in [0, 0.1) is 11.8 Å². The molecule has 2 N–H and O–H groups in total. The maximum atomic E-state index is 5.65. The van der Waals surface area contributed by atoms with Crippen LogP contribution in [0.5, 0.6) is 0 Å². The van der Waals surface area contributed by atoms with E-state index in [9.17, 15) is 0 Å². The Morgan fingerprint density at radius 1 is 1.27 bits per heavy atom. The molecule has 1 aliphatic rings. The quantitative estimate of drug-likeness (QED) is 0.705. The molecule has 0 radical (unpaired) electrons. The second-order valence-electron chi connectivity index (χ2n) is 3.48. The van der Waals surface area contributed by atoms with E-state index in [1.54, 1.807) is 0 Å². The second kappa shape index (κ2) is 5.84. The van der Waals surface area contributed by atoms with E-state index in [2.05, 4.69) is 6.92 Å². The Labute approximate surface area is 76.1 Å². The molecule has 2 atom stereocenters. The number of hydrogen-bond acceptors (Lipinski definition) is 1. The molecule has 1 rings (SSSR count). The molecule has 1 saturated carbocycles. The third-order valence-corrected chi connectivity index (χ3v) is 2.78. The van der Waals surface area contributed by atoms with Gasteiger partial charge in [-0.2, -0.15) is 0 Å². The van der Waals surface area contributed by atoms with Crippen molar-refractivity contribution >= 4 is 12.4 Å². The summed E-state index contributed by atoms with van der Waals surface area (Å²) in [5.74, 6) is 1.83. The predicted molar refractivity (Wildman–Crippen MR) is 52.0 cm³/mol. The largest absolute Gasteiger partial charge is 0.330 e. The molecule has 2 unspecified atom stereocenters. The molecular weight excluding hydrogens is 158 g/mol. The van der Waals surface area contributed by atoms with E-state index in [-0.39, 0.29) is 12.4 Å². The lowest BCUT2D eigenvalue weighted by Crippen LogP contribution is -2.18. The van der Waals surface area contributed by atoms with Crippen molar-refractivity contribution in [2.75, 3.05) is 6.54 Å². The lowest BCUT2D eigenvalue weighted by atomic mass is 9.92. The third kappa shape index (κ3) is 3.00. The molecule has 1 fully saturated rings. The summed E-state index contributed by atoms with van der Waals surface area (Å²) < 4.78 is 0. The van der Waals surface area contributed by atoms with Gasteiger partial charge in [-0.1, -0.05) is 32.6 Å². The fourth-order valence-electron chi connectivity index (χ4n) is 2.17. The summed E-state index contributed by atoms with van der Waals surface area (Å²) in [6, 6.07) is 0. The summed E-state index contributed by atoms with van der Waals surface area (Å²) in [4.78, 5) is 0. The smallest absolute Gasteiger partial charge is 0.00462 e. The van der Waals surface area contributed by atoms with Crippen LogP contribution in [-0.2, 0) is 0 Å². The Balaban J connectivity index is 0.000001000. The van der Waals surface area contributed by atoms with Crippen molar-refractivity contribution in [2.24, 2.45) is 17.6 Å². The first-order valence-corrected chi connectivity index (χ1v) is 4.58. The molecule has 1 nitrogen and oxygen atoms in total. The Hall–Kier alpha value is 0.250. The average Bonchev–Trinajstić information content (AvgIpc) is 2.36. The van der Waals surface area contributed by atoms with Crippen LogP contribution in [0.25, 0.3) is 0 Å². The van der Waals surface area contributed by atoms with E-state index in [1.165, 1.54) is 32.1 Å². The van der Waals surface area contributed by atoms with Gasteiger partial charge in [-0.25, -0.2) is 0 Å². The normalized spacial score (nSPS) is 30.0. The minimum Gasteiger partial charge on any atom is -0.330 e. The highest BCUT2D eigenvalue weighted by molar-refractivity contribution is 5.85. The summed E-state index contributed by atoms with van der Waals surface area (Å²) >= 11 is 0. The Morgan fingerprint density at radius 3 is 2.45 bits per heavy atom. The average molecular weight is 178 g/mol. The van der Waals surface area contributed by atoms with Crippen molar-refractivity contribution < 1.29 is 0 Å². The fourth-order valence-corrected chi connectivity index (χ4v) is 2.17. The zero-order chi connectivity index (χ0) is 7.40. The molecule has 11 heavy (non-hydrogen) atoms. The van der Waals surface area contributed by atoms with E-state index in [1.807, 2.05) is 0 Å². The van der Waals surface area contributed by atoms with E-state index < -0.39 is 0 Å². The minimum atomic E-state index is 0. The molecule has 1 aliphatic carbocycles. The Kier molecular flexibility index (Phi) is 5.98. The van der Waals surface area contributed by atoms with Crippen molar-refractivity contribution in [3.05, 3.63) is 0 Å². The predicted octanol–water partition coefficient (Wildman–Crippen LogP) is 2.58. The van der Waals surface area contributed by atoms with Gasteiger partial charge in [-0.3, -0.25) is 0 Å². The van der Waals surface area contributed by atoms with Gasteiger partial charge in [0.15, 0.2) is 0 Å². The minimum absolute atomic E-state index is 0. The first-order valence-electron chi connectivity index (χ1n) is 4.58. The molecule has 0 spiro atoms. The van der Waals surface area contributed by atoms with Crippen molar-refractivity contribution in [3.8, 4) is 0 Å². The van der Waals surface area contributed by atoms with Gasteiger partial charge in [-0.15, -0.1) is 12.4 Å². The van der Waals surface area contributed by atoms with Crippen molar-refractivity contribution in [3.63, 3.8) is 0 Å². The SMILES string of the molecule is CCCC1CCCC1CN.Cl. The van der Waals surface area contributed by atoms with Gasteiger partial charge < -0.3 is 5.73 Å².